The van der Waals surface area contributed by atoms with E-state index in [1.165, 1.54) is 0 Å². The van der Waals surface area contributed by atoms with Crippen molar-refractivity contribution in [1.82, 2.24) is 9.88 Å². The molecule has 0 radical (unpaired) electrons. The number of methoxy groups -OCH3 is 1. The number of benzene rings is 2. The molecule has 142 valence electrons. The van der Waals surface area contributed by atoms with Gasteiger partial charge >= 0.3 is 0 Å². The Morgan fingerprint density at radius 1 is 1.07 bits per heavy atom. The van der Waals surface area contributed by atoms with Crippen LogP contribution in [0.5, 0.6) is 0 Å². The predicted molar refractivity (Wildman–Crippen MR) is 109 cm³/mol. The van der Waals surface area contributed by atoms with Crippen LogP contribution in [0.2, 0.25) is 0 Å². The normalized spacial score (nSPS) is 12.2. The van der Waals surface area contributed by atoms with Crippen LogP contribution in [0, 0.1) is 0 Å². The van der Waals surface area contributed by atoms with Crippen LogP contribution in [-0.2, 0) is 17.7 Å². The van der Waals surface area contributed by atoms with Gasteiger partial charge in [-0.15, -0.1) is 0 Å². The van der Waals surface area contributed by atoms with E-state index in [0.29, 0.717) is 36.5 Å². The molecule has 0 aliphatic carbocycles. The Balaban J connectivity index is 1.92. The van der Waals surface area contributed by atoms with Crippen LogP contribution < -0.4 is 10.9 Å². The fraction of sp³-hybridized carbons (Fsp3) is 0.217. The van der Waals surface area contributed by atoms with E-state index in [9.17, 15) is 9.59 Å². The molecule has 28 heavy (non-hydrogen) atoms. The van der Waals surface area contributed by atoms with E-state index in [2.05, 4.69) is 11.4 Å². The summed E-state index contributed by atoms with van der Waals surface area (Å²) in [6.45, 7) is 1.41. The molecule has 0 unspecified atom stereocenters. The van der Waals surface area contributed by atoms with Gasteiger partial charge in [-0.2, -0.15) is 0 Å². The molecule has 0 saturated carbocycles. The van der Waals surface area contributed by atoms with Crippen molar-refractivity contribution in [2.24, 2.45) is 0 Å². The molecule has 1 aliphatic heterocycles. The van der Waals surface area contributed by atoms with Crippen LogP contribution in [0.15, 0.2) is 65.5 Å². The summed E-state index contributed by atoms with van der Waals surface area (Å²) in [4.78, 5) is 26.3. The first-order valence-corrected chi connectivity index (χ1v) is 9.39. The molecule has 5 nitrogen and oxygen atoms in total. The monoisotopic (exact) mass is 374 g/mol. The number of hydrogen-bond acceptors (Lipinski definition) is 3. The number of ether oxygens (including phenoxy) is 1. The predicted octanol–water partition coefficient (Wildman–Crippen LogP) is 3.11. The topological polar surface area (TPSA) is 60.3 Å². The summed E-state index contributed by atoms with van der Waals surface area (Å²) in [5.74, 6) is -0.199. The van der Waals surface area contributed by atoms with E-state index in [1.54, 1.807) is 17.7 Å². The fourth-order valence-corrected chi connectivity index (χ4v) is 3.73. The lowest BCUT2D eigenvalue weighted by Gasteiger charge is -2.25. The third-order valence-electron chi connectivity index (χ3n) is 5.09. The Hall–Kier alpha value is -3.18. The van der Waals surface area contributed by atoms with E-state index in [1.807, 2.05) is 48.5 Å². The summed E-state index contributed by atoms with van der Waals surface area (Å²) in [5.41, 5.74) is 4.60. The lowest BCUT2D eigenvalue weighted by Crippen LogP contribution is -2.33. The number of rotatable bonds is 5. The zero-order valence-corrected chi connectivity index (χ0v) is 15.8. The lowest BCUT2D eigenvalue weighted by atomic mass is 9.92. The van der Waals surface area contributed by atoms with Crippen molar-refractivity contribution < 1.29 is 9.53 Å². The second-order valence-corrected chi connectivity index (χ2v) is 6.80. The highest BCUT2D eigenvalue weighted by Gasteiger charge is 2.25. The maximum atomic E-state index is 13.3. The van der Waals surface area contributed by atoms with Crippen molar-refractivity contribution in [2.75, 3.05) is 20.3 Å². The Bertz CT molecular complexity index is 1070. The van der Waals surface area contributed by atoms with E-state index >= 15 is 0 Å². The molecule has 0 fully saturated rings. The van der Waals surface area contributed by atoms with Crippen molar-refractivity contribution in [1.29, 1.82) is 0 Å². The van der Waals surface area contributed by atoms with Gasteiger partial charge in [-0.05, 0) is 23.6 Å². The second kappa shape index (κ2) is 7.82. The number of carbonyl (C=O) groups excluding carboxylic acids is 1. The van der Waals surface area contributed by atoms with Crippen molar-refractivity contribution in [3.05, 3.63) is 82.1 Å². The Morgan fingerprint density at radius 2 is 1.82 bits per heavy atom. The van der Waals surface area contributed by atoms with Crippen LogP contribution in [-0.4, -0.2) is 30.7 Å². The van der Waals surface area contributed by atoms with E-state index in [-0.39, 0.29) is 11.5 Å². The number of amides is 1. The number of aromatic nitrogens is 1. The molecule has 3 aromatic rings. The van der Waals surface area contributed by atoms with Gasteiger partial charge in [0.1, 0.15) is 0 Å². The Kier molecular flexibility index (Phi) is 5.08. The number of pyridine rings is 1. The quantitative estimate of drug-likeness (QED) is 0.698. The molecular weight excluding hydrogens is 352 g/mol. The highest BCUT2D eigenvalue weighted by Crippen LogP contribution is 2.32. The van der Waals surface area contributed by atoms with E-state index in [4.69, 9.17) is 4.74 Å². The van der Waals surface area contributed by atoms with Crippen LogP contribution in [0.3, 0.4) is 0 Å². The molecule has 1 aliphatic rings. The minimum atomic E-state index is -0.199. The number of hydrogen-bond donors (Lipinski definition) is 1. The molecule has 1 aromatic heterocycles. The lowest BCUT2D eigenvalue weighted by molar-refractivity contribution is 0.0937. The summed E-state index contributed by atoms with van der Waals surface area (Å²) in [5, 5.41) is 2.90. The van der Waals surface area contributed by atoms with Gasteiger partial charge in [-0.25, -0.2) is 0 Å². The maximum Gasteiger partial charge on any atom is 0.258 e. The number of carbonyl (C=O) groups is 1. The van der Waals surface area contributed by atoms with Crippen LogP contribution in [0.1, 0.15) is 15.9 Å². The van der Waals surface area contributed by atoms with Crippen molar-refractivity contribution in [3.8, 4) is 22.4 Å². The van der Waals surface area contributed by atoms with Crippen molar-refractivity contribution in [3.63, 3.8) is 0 Å². The number of fused-ring (bicyclic) bond motifs is 3. The van der Waals surface area contributed by atoms with E-state index in [0.717, 1.165) is 23.1 Å². The first-order valence-electron chi connectivity index (χ1n) is 9.39. The first-order chi connectivity index (χ1) is 13.7. The van der Waals surface area contributed by atoms with Crippen molar-refractivity contribution >= 4 is 5.91 Å². The molecule has 1 amide bonds. The average Bonchev–Trinajstić information content (AvgIpc) is 2.74. The van der Waals surface area contributed by atoms with Crippen molar-refractivity contribution in [2.45, 2.75) is 13.0 Å². The second-order valence-electron chi connectivity index (χ2n) is 6.80. The molecular formula is C23H22N2O3. The van der Waals surface area contributed by atoms with Gasteiger partial charge in [0, 0.05) is 31.3 Å². The van der Waals surface area contributed by atoms with Crippen LogP contribution in [0.25, 0.3) is 22.4 Å². The fourth-order valence-electron chi connectivity index (χ4n) is 3.73. The van der Waals surface area contributed by atoms with Gasteiger partial charge in [0.05, 0.1) is 17.9 Å². The van der Waals surface area contributed by atoms with Crippen LogP contribution >= 0.6 is 0 Å². The minimum absolute atomic E-state index is 0.0656. The molecule has 0 saturated heterocycles. The Labute approximate surface area is 163 Å². The summed E-state index contributed by atoms with van der Waals surface area (Å²) in [6, 6.07) is 19.2. The smallest absolute Gasteiger partial charge is 0.258 e. The molecule has 4 rings (SSSR count). The third-order valence-corrected chi connectivity index (χ3v) is 5.09. The number of aryl methyl sites for hydroxylation is 1. The third kappa shape index (κ3) is 3.25. The average molecular weight is 374 g/mol. The van der Waals surface area contributed by atoms with Gasteiger partial charge in [-0.3, -0.25) is 9.59 Å². The first kappa shape index (κ1) is 18.2. The standard InChI is InChI=1S/C23H22N2O3/c1-28-14-12-24-22(26)20-15-19(16-7-3-2-4-8-16)23(27)25-13-11-17-9-5-6-10-18(17)21(20)25/h2-10,15H,11-14H2,1H3,(H,24,26). The summed E-state index contributed by atoms with van der Waals surface area (Å²) >= 11 is 0. The Morgan fingerprint density at radius 3 is 2.61 bits per heavy atom. The molecule has 2 aromatic carbocycles. The van der Waals surface area contributed by atoms with Gasteiger partial charge in [-0.1, -0.05) is 54.6 Å². The van der Waals surface area contributed by atoms with Gasteiger partial charge in [0.25, 0.3) is 11.5 Å². The summed E-state index contributed by atoms with van der Waals surface area (Å²) in [6.07, 6.45) is 0.770. The van der Waals surface area contributed by atoms with Gasteiger partial charge in [0.15, 0.2) is 0 Å². The number of nitrogens with zero attached hydrogens (tertiary/aromatic N) is 1. The van der Waals surface area contributed by atoms with E-state index < -0.39 is 0 Å². The zero-order valence-electron chi connectivity index (χ0n) is 15.8. The SMILES string of the molecule is COCCNC(=O)c1cc(-c2ccccc2)c(=O)n2c1-c1ccccc1CC2. The molecule has 0 bridgehead atoms. The highest BCUT2D eigenvalue weighted by molar-refractivity contribution is 6.01. The zero-order chi connectivity index (χ0) is 19.5. The summed E-state index contributed by atoms with van der Waals surface area (Å²) < 4.78 is 6.79. The molecule has 1 N–H and O–H groups in total. The highest BCUT2D eigenvalue weighted by atomic mass is 16.5. The van der Waals surface area contributed by atoms with Gasteiger partial charge < -0.3 is 14.6 Å². The van der Waals surface area contributed by atoms with Gasteiger partial charge in [0.2, 0.25) is 0 Å². The van der Waals surface area contributed by atoms with Crippen LogP contribution in [0.4, 0.5) is 0 Å². The maximum absolute atomic E-state index is 13.3. The molecule has 0 spiro atoms. The number of nitrogens with one attached hydrogen (secondary N) is 1. The molecule has 2 heterocycles. The minimum Gasteiger partial charge on any atom is -0.383 e. The molecule has 0 atom stereocenters. The summed E-state index contributed by atoms with van der Waals surface area (Å²) in [7, 11) is 1.60. The largest absolute Gasteiger partial charge is 0.383 e. The molecule has 5 heteroatoms.